The molecular weight excluding hydrogens is 372 g/mol. The molecule has 1 amide bonds. The molecule has 2 aromatic rings. The quantitative estimate of drug-likeness (QED) is 0.695. The van der Waals surface area contributed by atoms with E-state index in [-0.39, 0.29) is 11.9 Å². The number of amides is 1. The van der Waals surface area contributed by atoms with Gasteiger partial charge in [0, 0.05) is 24.6 Å². The van der Waals surface area contributed by atoms with Gasteiger partial charge in [-0.3, -0.25) is 4.79 Å². The van der Waals surface area contributed by atoms with Gasteiger partial charge in [0.25, 0.3) is 5.91 Å². The Balaban J connectivity index is 1.66. The maximum atomic E-state index is 12.6. The predicted octanol–water partition coefficient (Wildman–Crippen LogP) is 1.85. The monoisotopic (exact) mass is 399 g/mol. The molecule has 1 aliphatic heterocycles. The normalized spacial score (nSPS) is 18.2. The topological polar surface area (TPSA) is 78.3 Å². The van der Waals surface area contributed by atoms with Crippen molar-refractivity contribution in [1.82, 2.24) is 0 Å². The first-order chi connectivity index (χ1) is 14.0. The molecule has 1 fully saturated rings. The number of likely N-dealkylation sites (tertiary alicyclic amines) is 1. The number of nitrogens with one attached hydrogen (secondary N) is 2. The zero-order valence-corrected chi connectivity index (χ0v) is 17.0. The molecule has 3 rings (SSSR count). The summed E-state index contributed by atoms with van der Waals surface area (Å²) in [6.45, 7) is 1.28. The molecule has 1 saturated heterocycles. The van der Waals surface area contributed by atoms with Crippen LogP contribution in [0.25, 0.3) is 0 Å². The number of hydrogen-bond acceptors (Lipinski definition) is 5. The van der Waals surface area contributed by atoms with Crippen molar-refractivity contribution in [3.05, 3.63) is 53.6 Å². The molecule has 1 heterocycles. The second kappa shape index (κ2) is 9.43. The van der Waals surface area contributed by atoms with Gasteiger partial charge in [-0.1, -0.05) is 0 Å². The van der Waals surface area contributed by atoms with Crippen LogP contribution in [0.2, 0.25) is 0 Å². The number of anilines is 1. The van der Waals surface area contributed by atoms with E-state index in [9.17, 15) is 9.59 Å². The Morgan fingerprint density at radius 2 is 1.83 bits per heavy atom. The zero-order valence-electron chi connectivity index (χ0n) is 17.0. The van der Waals surface area contributed by atoms with Gasteiger partial charge in [-0.25, -0.2) is 4.79 Å². The van der Waals surface area contributed by atoms with Gasteiger partial charge in [0.05, 0.1) is 39.0 Å². The van der Waals surface area contributed by atoms with Gasteiger partial charge in [0.1, 0.15) is 17.5 Å². The van der Waals surface area contributed by atoms with Gasteiger partial charge < -0.3 is 24.4 Å². The molecule has 29 heavy (non-hydrogen) atoms. The molecule has 154 valence electrons. The van der Waals surface area contributed by atoms with Crippen LogP contribution in [0, 0.1) is 0 Å². The number of rotatable bonds is 7. The molecule has 1 unspecified atom stereocenters. The highest BCUT2D eigenvalue weighted by molar-refractivity contribution is 5.93. The largest absolute Gasteiger partial charge is 0.497 e. The molecule has 7 nitrogen and oxygen atoms in total. The first-order valence-corrected chi connectivity index (χ1v) is 9.60. The average molecular weight is 399 g/mol. The number of carbonyl (C=O) groups is 2. The van der Waals surface area contributed by atoms with E-state index in [1.807, 2.05) is 18.2 Å². The summed E-state index contributed by atoms with van der Waals surface area (Å²) in [5.41, 5.74) is 2.19. The van der Waals surface area contributed by atoms with E-state index in [1.165, 1.54) is 12.0 Å². The maximum Gasteiger partial charge on any atom is 0.337 e. The van der Waals surface area contributed by atoms with Crippen LogP contribution in [0.5, 0.6) is 11.5 Å². The molecule has 0 saturated carbocycles. The van der Waals surface area contributed by atoms with Gasteiger partial charge in [-0.05, 0) is 36.4 Å². The number of benzene rings is 2. The molecule has 7 heteroatoms. The molecule has 1 aliphatic rings. The molecule has 0 spiro atoms. The van der Waals surface area contributed by atoms with Crippen LogP contribution in [0.4, 0.5) is 5.69 Å². The Kier molecular flexibility index (Phi) is 6.72. The standard InChI is InChI=1S/C22H26N2O5/c1-27-17-10-11-18(20(13-17)28-2)19-5-4-12-24(19)14-21(25)23-16-8-6-15(7-9-16)22(26)29-3/h6-11,13,19H,4-5,12,14H2,1-3H3,(H,23,25)/p+1/t19-/m1/s1. The molecule has 2 atom stereocenters. The van der Waals surface area contributed by atoms with E-state index in [0.717, 1.165) is 36.4 Å². The number of quaternary nitrogens is 1. The summed E-state index contributed by atoms with van der Waals surface area (Å²) in [6, 6.07) is 12.7. The molecule has 0 bridgehead atoms. The first kappa shape index (κ1) is 20.7. The van der Waals surface area contributed by atoms with Crippen LogP contribution in [-0.2, 0) is 9.53 Å². The van der Waals surface area contributed by atoms with Gasteiger partial charge in [0.15, 0.2) is 6.54 Å². The van der Waals surface area contributed by atoms with Crippen molar-refractivity contribution in [2.24, 2.45) is 0 Å². The Hall–Kier alpha value is -3.06. The van der Waals surface area contributed by atoms with E-state index in [4.69, 9.17) is 9.47 Å². The van der Waals surface area contributed by atoms with E-state index >= 15 is 0 Å². The number of carbonyl (C=O) groups excluding carboxylic acids is 2. The van der Waals surface area contributed by atoms with Crippen molar-refractivity contribution >= 4 is 17.6 Å². The van der Waals surface area contributed by atoms with Crippen LogP contribution >= 0.6 is 0 Å². The number of hydrogen-bond donors (Lipinski definition) is 2. The summed E-state index contributed by atoms with van der Waals surface area (Å²) in [5, 5.41) is 2.91. The molecule has 2 aromatic carbocycles. The lowest BCUT2D eigenvalue weighted by Gasteiger charge is -2.23. The van der Waals surface area contributed by atoms with E-state index in [2.05, 4.69) is 10.1 Å². The summed E-state index contributed by atoms with van der Waals surface area (Å²) >= 11 is 0. The zero-order chi connectivity index (χ0) is 20.8. The minimum absolute atomic E-state index is 0.0646. The summed E-state index contributed by atoms with van der Waals surface area (Å²) < 4.78 is 15.5. The Bertz CT molecular complexity index is 866. The lowest BCUT2D eigenvalue weighted by molar-refractivity contribution is -0.910. The van der Waals surface area contributed by atoms with Gasteiger partial charge >= 0.3 is 5.97 Å². The van der Waals surface area contributed by atoms with Crippen LogP contribution in [-0.4, -0.2) is 46.3 Å². The third kappa shape index (κ3) is 4.86. The second-order valence-electron chi connectivity index (χ2n) is 7.00. The summed E-state index contributed by atoms with van der Waals surface area (Å²) in [5.74, 6) is 1.07. The number of esters is 1. The van der Waals surface area contributed by atoms with E-state index in [0.29, 0.717) is 17.8 Å². The number of methoxy groups -OCH3 is 3. The van der Waals surface area contributed by atoms with Crippen LogP contribution in [0.3, 0.4) is 0 Å². The summed E-state index contributed by atoms with van der Waals surface area (Å²) in [7, 11) is 4.62. The Labute approximate surface area is 170 Å². The van der Waals surface area contributed by atoms with Crippen LogP contribution in [0.15, 0.2) is 42.5 Å². The molecule has 0 radical (unpaired) electrons. The SMILES string of the molecule is COC(=O)c1ccc(NC(=O)C[NH+]2CCC[C@@H]2c2ccc(OC)cc2OC)cc1. The fraction of sp³-hybridized carbons (Fsp3) is 0.364. The third-order valence-electron chi connectivity index (χ3n) is 5.28. The predicted molar refractivity (Wildman–Crippen MR) is 109 cm³/mol. The Morgan fingerprint density at radius 3 is 2.48 bits per heavy atom. The highest BCUT2D eigenvalue weighted by Crippen LogP contribution is 2.31. The van der Waals surface area contributed by atoms with Crippen molar-refractivity contribution in [3.8, 4) is 11.5 Å². The van der Waals surface area contributed by atoms with E-state index < -0.39 is 5.97 Å². The fourth-order valence-corrected chi connectivity index (χ4v) is 3.82. The summed E-state index contributed by atoms with van der Waals surface area (Å²) in [6.07, 6.45) is 2.05. The van der Waals surface area contributed by atoms with Gasteiger partial charge in [0.2, 0.25) is 0 Å². The second-order valence-corrected chi connectivity index (χ2v) is 7.00. The average Bonchev–Trinajstić information content (AvgIpc) is 3.20. The summed E-state index contributed by atoms with van der Waals surface area (Å²) in [4.78, 5) is 25.3. The fourth-order valence-electron chi connectivity index (χ4n) is 3.82. The van der Waals surface area contributed by atoms with Gasteiger partial charge in [-0.15, -0.1) is 0 Å². The van der Waals surface area contributed by atoms with Crippen molar-refractivity contribution in [2.45, 2.75) is 18.9 Å². The maximum absolute atomic E-state index is 12.6. The lowest BCUT2D eigenvalue weighted by atomic mass is 10.0. The molecule has 0 aliphatic carbocycles. The molecular formula is C22H27N2O5+. The third-order valence-corrected chi connectivity index (χ3v) is 5.28. The van der Waals surface area contributed by atoms with Crippen molar-refractivity contribution < 1.29 is 28.7 Å². The lowest BCUT2D eigenvalue weighted by Crippen LogP contribution is -3.11. The smallest absolute Gasteiger partial charge is 0.337 e. The molecule has 0 aromatic heterocycles. The molecule has 2 N–H and O–H groups in total. The van der Waals surface area contributed by atoms with Crippen LogP contribution in [0.1, 0.15) is 34.8 Å². The van der Waals surface area contributed by atoms with Crippen LogP contribution < -0.4 is 19.7 Å². The minimum Gasteiger partial charge on any atom is -0.497 e. The highest BCUT2D eigenvalue weighted by atomic mass is 16.5. The highest BCUT2D eigenvalue weighted by Gasteiger charge is 2.33. The van der Waals surface area contributed by atoms with Gasteiger partial charge in [-0.2, -0.15) is 0 Å². The van der Waals surface area contributed by atoms with Crippen molar-refractivity contribution in [1.29, 1.82) is 0 Å². The van der Waals surface area contributed by atoms with Crippen molar-refractivity contribution in [3.63, 3.8) is 0 Å². The Morgan fingerprint density at radius 1 is 1.07 bits per heavy atom. The van der Waals surface area contributed by atoms with E-state index in [1.54, 1.807) is 38.5 Å². The first-order valence-electron chi connectivity index (χ1n) is 9.60. The number of ether oxygens (including phenoxy) is 3. The minimum atomic E-state index is -0.402. The van der Waals surface area contributed by atoms with Crippen molar-refractivity contribution in [2.75, 3.05) is 39.7 Å².